The van der Waals surface area contributed by atoms with Gasteiger partial charge in [0.2, 0.25) is 10.0 Å². The Bertz CT molecular complexity index is 758. The lowest BCUT2D eigenvalue weighted by Crippen LogP contribution is -2.49. The van der Waals surface area contributed by atoms with Gasteiger partial charge in [-0.1, -0.05) is 37.3 Å². The fraction of sp³-hybridized carbons (Fsp3) is 0.375. The third kappa shape index (κ3) is 2.69. The summed E-state index contributed by atoms with van der Waals surface area (Å²) in [4.78, 5) is 0.350. The molecule has 2 atom stereocenters. The van der Waals surface area contributed by atoms with Gasteiger partial charge in [-0.2, -0.15) is 4.31 Å². The fourth-order valence-corrected chi connectivity index (χ4v) is 4.29. The van der Waals surface area contributed by atoms with Crippen LogP contribution in [0.2, 0.25) is 0 Å². The molecule has 0 amide bonds. The zero-order chi connectivity index (χ0) is 15.0. The summed E-state index contributed by atoms with van der Waals surface area (Å²) in [5, 5.41) is 1.98. The van der Waals surface area contributed by atoms with E-state index in [0.29, 0.717) is 23.9 Å². The third-order valence-electron chi connectivity index (χ3n) is 4.34. The summed E-state index contributed by atoms with van der Waals surface area (Å²) in [6, 6.07) is 13.0. The van der Waals surface area contributed by atoms with E-state index in [9.17, 15) is 8.42 Å². The van der Waals surface area contributed by atoms with Gasteiger partial charge in [0, 0.05) is 19.1 Å². The summed E-state index contributed by atoms with van der Waals surface area (Å²) >= 11 is 0. The predicted molar refractivity (Wildman–Crippen MR) is 84.5 cm³/mol. The number of sulfonamides is 1. The van der Waals surface area contributed by atoms with Gasteiger partial charge in [-0.25, -0.2) is 8.42 Å². The Balaban J connectivity index is 1.96. The molecule has 0 spiro atoms. The molecule has 112 valence electrons. The molecule has 0 aliphatic carbocycles. The summed E-state index contributed by atoms with van der Waals surface area (Å²) in [5.41, 5.74) is 6.03. The maximum atomic E-state index is 12.8. The zero-order valence-electron chi connectivity index (χ0n) is 12.1. The van der Waals surface area contributed by atoms with E-state index in [1.54, 1.807) is 12.1 Å². The van der Waals surface area contributed by atoms with Crippen molar-refractivity contribution in [1.82, 2.24) is 4.31 Å². The van der Waals surface area contributed by atoms with Crippen molar-refractivity contribution in [3.05, 3.63) is 42.5 Å². The molecule has 0 bridgehead atoms. The first-order chi connectivity index (χ1) is 9.98. The van der Waals surface area contributed by atoms with Gasteiger partial charge >= 0.3 is 0 Å². The molecule has 2 aromatic rings. The van der Waals surface area contributed by atoms with Gasteiger partial charge in [0.05, 0.1) is 4.90 Å². The molecule has 2 aromatic carbocycles. The standard InChI is InChI=1S/C16H20N2O2S/c1-12-8-9-18(11-16(12)17)21(19,20)15-7-6-13-4-2-3-5-14(13)10-15/h2-7,10,12,16H,8-9,11,17H2,1H3. The minimum absolute atomic E-state index is 0.0889. The molecule has 5 heteroatoms. The number of nitrogens with zero attached hydrogens (tertiary/aromatic N) is 1. The van der Waals surface area contributed by atoms with Crippen LogP contribution in [0, 0.1) is 5.92 Å². The number of piperidine rings is 1. The largest absolute Gasteiger partial charge is 0.326 e. The molecule has 1 aliphatic rings. The van der Waals surface area contributed by atoms with E-state index >= 15 is 0 Å². The molecular weight excluding hydrogens is 284 g/mol. The van der Waals surface area contributed by atoms with Gasteiger partial charge < -0.3 is 5.73 Å². The van der Waals surface area contributed by atoms with Crippen molar-refractivity contribution < 1.29 is 8.42 Å². The first kappa shape index (κ1) is 14.5. The Morgan fingerprint density at radius 3 is 2.57 bits per heavy atom. The molecule has 2 N–H and O–H groups in total. The summed E-state index contributed by atoms with van der Waals surface area (Å²) in [5.74, 6) is 0.369. The SMILES string of the molecule is CC1CCN(S(=O)(=O)c2ccc3ccccc3c2)CC1N. The Labute approximate surface area is 125 Å². The molecule has 1 aliphatic heterocycles. The van der Waals surface area contributed by atoms with Crippen LogP contribution < -0.4 is 5.73 Å². The molecule has 4 nitrogen and oxygen atoms in total. The number of rotatable bonds is 2. The number of benzene rings is 2. The minimum atomic E-state index is -3.46. The van der Waals surface area contributed by atoms with E-state index in [-0.39, 0.29) is 6.04 Å². The molecule has 0 aromatic heterocycles. The number of hydrogen-bond acceptors (Lipinski definition) is 3. The van der Waals surface area contributed by atoms with Crippen LogP contribution in [0.25, 0.3) is 10.8 Å². The van der Waals surface area contributed by atoms with Crippen LogP contribution in [0.4, 0.5) is 0 Å². The Morgan fingerprint density at radius 2 is 1.86 bits per heavy atom. The van der Waals surface area contributed by atoms with Crippen LogP contribution in [0.3, 0.4) is 0 Å². The van der Waals surface area contributed by atoms with Crippen molar-refractivity contribution in [2.75, 3.05) is 13.1 Å². The Hall–Kier alpha value is -1.43. The van der Waals surface area contributed by atoms with Crippen molar-refractivity contribution in [2.24, 2.45) is 11.7 Å². The van der Waals surface area contributed by atoms with Gasteiger partial charge in [-0.3, -0.25) is 0 Å². The number of hydrogen-bond donors (Lipinski definition) is 1. The predicted octanol–water partition coefficient (Wildman–Crippen LogP) is 2.20. The van der Waals surface area contributed by atoms with Crippen LogP contribution in [0.5, 0.6) is 0 Å². The average Bonchev–Trinajstić information content (AvgIpc) is 2.49. The first-order valence-corrected chi connectivity index (χ1v) is 8.67. The fourth-order valence-electron chi connectivity index (χ4n) is 2.76. The van der Waals surface area contributed by atoms with Crippen LogP contribution in [0.1, 0.15) is 13.3 Å². The van der Waals surface area contributed by atoms with E-state index in [0.717, 1.165) is 17.2 Å². The highest BCUT2D eigenvalue weighted by Gasteiger charge is 2.32. The lowest BCUT2D eigenvalue weighted by Gasteiger charge is -2.34. The summed E-state index contributed by atoms with van der Waals surface area (Å²) in [7, 11) is -3.46. The maximum absolute atomic E-state index is 12.8. The molecule has 0 radical (unpaired) electrons. The van der Waals surface area contributed by atoms with E-state index < -0.39 is 10.0 Å². The lowest BCUT2D eigenvalue weighted by molar-refractivity contribution is 0.253. The molecule has 2 unspecified atom stereocenters. The monoisotopic (exact) mass is 304 g/mol. The molecule has 1 saturated heterocycles. The Kier molecular flexibility index (Phi) is 3.73. The molecule has 1 heterocycles. The van der Waals surface area contributed by atoms with Crippen LogP contribution in [-0.2, 0) is 10.0 Å². The van der Waals surface area contributed by atoms with E-state index in [1.807, 2.05) is 30.3 Å². The molecule has 21 heavy (non-hydrogen) atoms. The van der Waals surface area contributed by atoms with Gasteiger partial charge in [0.25, 0.3) is 0 Å². The normalized spacial score (nSPS) is 24.3. The van der Waals surface area contributed by atoms with E-state index in [4.69, 9.17) is 5.73 Å². The zero-order valence-corrected chi connectivity index (χ0v) is 12.9. The lowest BCUT2D eigenvalue weighted by atomic mass is 9.96. The average molecular weight is 304 g/mol. The van der Waals surface area contributed by atoms with Crippen molar-refractivity contribution in [3.63, 3.8) is 0 Å². The maximum Gasteiger partial charge on any atom is 0.243 e. The number of nitrogens with two attached hydrogens (primary N) is 1. The van der Waals surface area contributed by atoms with Crippen molar-refractivity contribution in [3.8, 4) is 0 Å². The summed E-state index contributed by atoms with van der Waals surface area (Å²) < 4.78 is 27.0. The van der Waals surface area contributed by atoms with Crippen LogP contribution in [0.15, 0.2) is 47.4 Å². The second kappa shape index (κ2) is 5.40. The van der Waals surface area contributed by atoms with Crippen molar-refractivity contribution in [1.29, 1.82) is 0 Å². The van der Waals surface area contributed by atoms with Gasteiger partial charge in [-0.05, 0) is 35.2 Å². The van der Waals surface area contributed by atoms with E-state index in [1.165, 1.54) is 4.31 Å². The highest BCUT2D eigenvalue weighted by molar-refractivity contribution is 7.89. The third-order valence-corrected chi connectivity index (χ3v) is 6.20. The van der Waals surface area contributed by atoms with Gasteiger partial charge in [-0.15, -0.1) is 0 Å². The molecular formula is C16H20N2O2S. The topological polar surface area (TPSA) is 63.4 Å². The molecule has 3 rings (SSSR count). The molecule has 1 fully saturated rings. The minimum Gasteiger partial charge on any atom is -0.326 e. The van der Waals surface area contributed by atoms with Gasteiger partial charge in [0.1, 0.15) is 0 Å². The summed E-state index contributed by atoms with van der Waals surface area (Å²) in [6.45, 7) is 3.02. The Morgan fingerprint density at radius 1 is 1.14 bits per heavy atom. The second-order valence-corrected chi connectivity index (χ2v) is 7.74. The quantitative estimate of drug-likeness (QED) is 0.925. The van der Waals surface area contributed by atoms with E-state index in [2.05, 4.69) is 6.92 Å². The highest BCUT2D eigenvalue weighted by atomic mass is 32.2. The molecule has 0 saturated carbocycles. The second-order valence-electron chi connectivity index (χ2n) is 5.80. The number of fused-ring (bicyclic) bond motifs is 1. The van der Waals surface area contributed by atoms with Gasteiger partial charge in [0.15, 0.2) is 0 Å². The van der Waals surface area contributed by atoms with Crippen molar-refractivity contribution >= 4 is 20.8 Å². The smallest absolute Gasteiger partial charge is 0.243 e. The summed E-state index contributed by atoms with van der Waals surface area (Å²) in [6.07, 6.45) is 0.813. The highest BCUT2D eigenvalue weighted by Crippen LogP contribution is 2.25. The van der Waals surface area contributed by atoms with Crippen LogP contribution in [-0.4, -0.2) is 31.9 Å². The van der Waals surface area contributed by atoms with Crippen molar-refractivity contribution in [2.45, 2.75) is 24.3 Å². The van der Waals surface area contributed by atoms with Crippen LogP contribution >= 0.6 is 0 Å². The first-order valence-electron chi connectivity index (χ1n) is 7.23.